The summed E-state index contributed by atoms with van der Waals surface area (Å²) < 4.78 is 16.6. The lowest BCUT2D eigenvalue weighted by Gasteiger charge is -2.24. The van der Waals surface area contributed by atoms with Crippen LogP contribution in [0.4, 0.5) is 0 Å². The van der Waals surface area contributed by atoms with Gasteiger partial charge in [-0.2, -0.15) is 0 Å². The average Bonchev–Trinajstić information content (AvgIpc) is 3.36. The number of nitrogens with zero attached hydrogens (tertiary/aromatic N) is 1. The minimum atomic E-state index is -1.27. The Labute approximate surface area is 253 Å². The zero-order valence-electron chi connectivity index (χ0n) is 26.0. The van der Waals surface area contributed by atoms with E-state index in [0.717, 1.165) is 36.4 Å². The first-order chi connectivity index (χ1) is 20.3. The molecule has 2 heterocycles. The summed E-state index contributed by atoms with van der Waals surface area (Å²) in [5, 5.41) is 11.4. The third kappa shape index (κ3) is 11.3. The Hall–Kier alpha value is -3.93. The van der Waals surface area contributed by atoms with Gasteiger partial charge in [0.1, 0.15) is 29.3 Å². The largest absolute Gasteiger partial charge is 0.494 e. The number of benzene rings is 1. The normalized spacial score (nSPS) is 16.5. The van der Waals surface area contributed by atoms with Gasteiger partial charge in [-0.1, -0.05) is 6.07 Å². The zero-order chi connectivity index (χ0) is 31.6. The maximum Gasteiger partial charge on any atom is 0.308 e. The molecule has 236 valence electrons. The summed E-state index contributed by atoms with van der Waals surface area (Å²) in [6.45, 7) is 12.8. The lowest BCUT2D eigenvalue weighted by atomic mass is 9.97. The lowest BCUT2D eigenvalue weighted by molar-refractivity contribution is -0.156. The van der Waals surface area contributed by atoms with E-state index in [1.165, 1.54) is 26.0 Å². The number of carbonyl (C=O) groups is 4. The minimum absolute atomic E-state index is 0.171. The summed E-state index contributed by atoms with van der Waals surface area (Å²) in [7, 11) is 0. The predicted octanol–water partition coefficient (Wildman–Crippen LogP) is 2.77. The topological polar surface area (TPSA) is 161 Å². The second-order valence-corrected chi connectivity index (χ2v) is 11.9. The van der Waals surface area contributed by atoms with Gasteiger partial charge in [-0.15, -0.1) is 0 Å². The van der Waals surface area contributed by atoms with Gasteiger partial charge in [0, 0.05) is 20.4 Å². The van der Waals surface area contributed by atoms with Crippen molar-refractivity contribution in [3.8, 4) is 5.75 Å². The van der Waals surface area contributed by atoms with Gasteiger partial charge in [-0.3, -0.25) is 19.2 Å². The van der Waals surface area contributed by atoms with Gasteiger partial charge >= 0.3 is 5.97 Å². The molecular formula is C31H45N5O7. The molecule has 12 nitrogen and oxygen atoms in total. The van der Waals surface area contributed by atoms with Crippen molar-refractivity contribution >= 4 is 23.7 Å². The Bertz CT molecular complexity index is 1260. The number of hydrogen-bond acceptors (Lipinski definition) is 9. The fraction of sp³-hybridized carbons (Fsp3) is 0.581. The summed E-state index contributed by atoms with van der Waals surface area (Å²) in [4.78, 5) is 55.2. The van der Waals surface area contributed by atoms with Gasteiger partial charge in [0.15, 0.2) is 11.9 Å². The molecule has 3 rings (SSSR count). The van der Waals surface area contributed by atoms with Crippen molar-refractivity contribution < 1.29 is 33.1 Å². The molecule has 1 aliphatic rings. The first-order valence-corrected chi connectivity index (χ1v) is 14.7. The standard InChI is InChI=1S/C31H45N5O7/c1-19-9-10-24(41-13-11-22-8-7-12-32-16-22)14-23(19)17-33-30(40)28(26-18-42-21(3)35-26)36-29(39)25(34-20(2)37)15-27(38)43-31(4,5)6/h9-10,14,18,22,25,28,32H,7-8,11-13,15-17H2,1-6H3,(H,33,40)(H,34,37)(H,36,39)/t22?,25-,28?/m0/s1. The van der Waals surface area contributed by atoms with Crippen molar-refractivity contribution in [3.05, 3.63) is 47.2 Å². The number of rotatable bonds is 13. The molecule has 1 aliphatic heterocycles. The van der Waals surface area contributed by atoms with E-state index >= 15 is 0 Å². The number of piperidine rings is 1. The number of esters is 1. The van der Waals surface area contributed by atoms with E-state index in [1.807, 2.05) is 25.1 Å². The first kappa shape index (κ1) is 33.6. The molecule has 1 aromatic heterocycles. The number of aromatic nitrogens is 1. The number of hydrogen-bond donors (Lipinski definition) is 4. The number of carbonyl (C=O) groups excluding carboxylic acids is 4. The summed E-state index contributed by atoms with van der Waals surface area (Å²) in [5.41, 5.74) is 1.22. The molecule has 4 N–H and O–H groups in total. The van der Waals surface area contributed by atoms with E-state index < -0.39 is 47.8 Å². The van der Waals surface area contributed by atoms with Crippen LogP contribution in [0.15, 0.2) is 28.9 Å². The van der Waals surface area contributed by atoms with E-state index in [2.05, 4.69) is 26.3 Å². The molecule has 2 aromatic rings. The predicted molar refractivity (Wildman–Crippen MR) is 159 cm³/mol. The monoisotopic (exact) mass is 599 g/mol. The fourth-order valence-electron chi connectivity index (χ4n) is 4.76. The highest BCUT2D eigenvalue weighted by Crippen LogP contribution is 2.21. The molecule has 12 heteroatoms. The number of aryl methyl sites for hydroxylation is 2. The molecule has 0 bridgehead atoms. The number of oxazole rings is 1. The SMILES string of the molecule is CC(=O)N[C@@H](CC(=O)OC(C)(C)C)C(=O)NC(C(=O)NCc1cc(OCCC2CCCNC2)ccc1C)c1coc(C)n1. The molecular weight excluding hydrogens is 554 g/mol. The molecule has 0 spiro atoms. The van der Waals surface area contributed by atoms with Crippen molar-refractivity contribution in [2.75, 3.05) is 19.7 Å². The van der Waals surface area contributed by atoms with E-state index in [9.17, 15) is 19.2 Å². The third-order valence-corrected chi connectivity index (χ3v) is 6.93. The molecule has 3 atom stereocenters. The van der Waals surface area contributed by atoms with E-state index in [4.69, 9.17) is 13.9 Å². The lowest BCUT2D eigenvalue weighted by Crippen LogP contribution is -2.51. The van der Waals surface area contributed by atoms with Gasteiger partial charge in [0.05, 0.1) is 13.0 Å². The molecule has 3 amide bonds. The molecule has 2 unspecified atom stereocenters. The van der Waals surface area contributed by atoms with Crippen LogP contribution in [0.3, 0.4) is 0 Å². The maximum atomic E-state index is 13.4. The van der Waals surface area contributed by atoms with Gasteiger partial charge in [-0.25, -0.2) is 4.98 Å². The highest BCUT2D eigenvalue weighted by molar-refractivity contribution is 5.94. The van der Waals surface area contributed by atoms with Crippen LogP contribution in [0.25, 0.3) is 0 Å². The molecule has 1 fully saturated rings. The Morgan fingerprint density at radius 3 is 2.53 bits per heavy atom. The smallest absolute Gasteiger partial charge is 0.308 e. The van der Waals surface area contributed by atoms with Crippen LogP contribution in [0, 0.1) is 19.8 Å². The van der Waals surface area contributed by atoms with Crippen molar-refractivity contribution in [2.45, 2.75) is 91.5 Å². The first-order valence-electron chi connectivity index (χ1n) is 14.7. The Morgan fingerprint density at radius 1 is 1.14 bits per heavy atom. The van der Waals surface area contributed by atoms with Gasteiger partial charge < -0.3 is 35.2 Å². The molecule has 0 aliphatic carbocycles. The van der Waals surface area contributed by atoms with Crippen LogP contribution in [-0.4, -0.2) is 60.0 Å². The van der Waals surface area contributed by atoms with Crippen LogP contribution < -0.4 is 26.0 Å². The Kier molecular flexibility index (Phi) is 12.1. The summed E-state index contributed by atoms with van der Waals surface area (Å²) in [5.74, 6) is -0.852. The number of ether oxygens (including phenoxy) is 2. The van der Waals surface area contributed by atoms with E-state index in [-0.39, 0.29) is 12.2 Å². The Balaban J connectivity index is 1.67. The molecule has 1 saturated heterocycles. The van der Waals surface area contributed by atoms with Crippen molar-refractivity contribution in [3.63, 3.8) is 0 Å². The molecule has 0 radical (unpaired) electrons. The third-order valence-electron chi connectivity index (χ3n) is 6.93. The molecule has 1 aromatic carbocycles. The van der Waals surface area contributed by atoms with Gasteiger partial charge in [0.25, 0.3) is 0 Å². The highest BCUT2D eigenvalue weighted by Gasteiger charge is 2.32. The summed E-state index contributed by atoms with van der Waals surface area (Å²) in [6.07, 6.45) is 4.22. The van der Waals surface area contributed by atoms with Crippen molar-refractivity contribution in [1.29, 1.82) is 0 Å². The van der Waals surface area contributed by atoms with Crippen LogP contribution in [0.2, 0.25) is 0 Å². The zero-order valence-corrected chi connectivity index (χ0v) is 26.0. The molecule has 0 saturated carbocycles. The number of nitrogens with one attached hydrogen (secondary N) is 4. The van der Waals surface area contributed by atoms with E-state index in [1.54, 1.807) is 27.7 Å². The van der Waals surface area contributed by atoms with Gasteiger partial charge in [-0.05, 0) is 89.2 Å². The summed E-state index contributed by atoms with van der Waals surface area (Å²) >= 11 is 0. The van der Waals surface area contributed by atoms with Crippen LogP contribution >= 0.6 is 0 Å². The van der Waals surface area contributed by atoms with Crippen LogP contribution in [0.5, 0.6) is 5.75 Å². The Morgan fingerprint density at radius 2 is 1.91 bits per heavy atom. The maximum absolute atomic E-state index is 13.4. The van der Waals surface area contributed by atoms with Crippen molar-refractivity contribution in [1.82, 2.24) is 26.3 Å². The second-order valence-electron chi connectivity index (χ2n) is 11.9. The fourth-order valence-corrected chi connectivity index (χ4v) is 4.76. The summed E-state index contributed by atoms with van der Waals surface area (Å²) in [6, 6.07) is 3.23. The van der Waals surface area contributed by atoms with Crippen LogP contribution in [-0.2, 0) is 30.5 Å². The molecule has 43 heavy (non-hydrogen) atoms. The number of amides is 3. The minimum Gasteiger partial charge on any atom is -0.494 e. The van der Waals surface area contributed by atoms with Crippen LogP contribution in [0.1, 0.15) is 82.1 Å². The van der Waals surface area contributed by atoms with E-state index in [0.29, 0.717) is 18.4 Å². The quantitative estimate of drug-likeness (QED) is 0.254. The average molecular weight is 600 g/mol. The van der Waals surface area contributed by atoms with Crippen molar-refractivity contribution in [2.24, 2.45) is 5.92 Å². The second kappa shape index (κ2) is 15.5. The van der Waals surface area contributed by atoms with Gasteiger partial charge in [0.2, 0.25) is 17.7 Å². The highest BCUT2D eigenvalue weighted by atomic mass is 16.6.